The van der Waals surface area contributed by atoms with Gasteiger partial charge in [0.25, 0.3) is 0 Å². The lowest BCUT2D eigenvalue weighted by Crippen LogP contribution is -2.43. The number of rotatable bonds is 7. The van der Waals surface area contributed by atoms with Crippen molar-refractivity contribution in [2.45, 2.75) is 32.5 Å². The summed E-state index contributed by atoms with van der Waals surface area (Å²) in [6, 6.07) is 28.6. The Hall–Kier alpha value is -3.02. The number of hydrogen-bond donors (Lipinski definition) is 1. The third-order valence-corrected chi connectivity index (χ3v) is 5.27. The zero-order valence-electron chi connectivity index (χ0n) is 17.0. The second-order valence-electron chi connectivity index (χ2n) is 7.73. The Morgan fingerprint density at radius 2 is 1.38 bits per heavy atom. The lowest BCUT2D eigenvalue weighted by atomic mass is 9.85. The largest absolute Gasteiger partial charge is 0.273 e. The Labute approximate surface area is 171 Å². The quantitative estimate of drug-likeness (QED) is 0.451. The number of hydroxylamine groups is 1. The molecule has 3 aromatic carbocycles. The van der Waals surface area contributed by atoms with E-state index >= 15 is 0 Å². The number of nitrogens with one attached hydrogen (secondary N) is 1. The molecule has 1 heterocycles. The molecular weight excluding hydrogens is 360 g/mol. The summed E-state index contributed by atoms with van der Waals surface area (Å²) in [5.41, 5.74) is 6.91. The summed E-state index contributed by atoms with van der Waals surface area (Å²) in [6.45, 7) is 6.37. The number of fused-ring (bicyclic) bond motifs is 1. The van der Waals surface area contributed by atoms with Crippen molar-refractivity contribution in [3.63, 3.8) is 0 Å². The average Bonchev–Trinajstić information content (AvgIpc) is 3.19. The minimum atomic E-state index is -0.522. The molecule has 148 valence electrons. The standard InChI is InChI=1S/C24H26N4O/c1-18(2)23(28-22-17-11-10-16-21(22)25-27-28)29-26-24(3,19-12-6-4-7-13-19)20-14-8-5-9-15-20/h4-18,23,26H,1-3H3. The minimum Gasteiger partial charge on any atom is -0.273 e. The van der Waals surface area contributed by atoms with Gasteiger partial charge in [0.2, 0.25) is 0 Å². The Morgan fingerprint density at radius 3 is 1.97 bits per heavy atom. The molecule has 0 aliphatic heterocycles. The van der Waals surface area contributed by atoms with Crippen molar-refractivity contribution in [1.82, 2.24) is 20.5 Å². The first-order valence-electron chi connectivity index (χ1n) is 9.93. The maximum absolute atomic E-state index is 6.34. The van der Waals surface area contributed by atoms with E-state index in [-0.39, 0.29) is 12.1 Å². The summed E-state index contributed by atoms with van der Waals surface area (Å²) in [7, 11) is 0. The SMILES string of the molecule is CC(C)C(ONC(C)(c1ccccc1)c1ccccc1)n1nnc2ccccc21. The van der Waals surface area contributed by atoms with E-state index in [9.17, 15) is 0 Å². The lowest BCUT2D eigenvalue weighted by molar-refractivity contribution is -0.123. The molecule has 1 unspecified atom stereocenters. The molecule has 5 nitrogen and oxygen atoms in total. The zero-order chi connectivity index (χ0) is 20.3. The van der Waals surface area contributed by atoms with Crippen LogP contribution in [0.25, 0.3) is 11.0 Å². The van der Waals surface area contributed by atoms with Crippen molar-refractivity contribution in [3.8, 4) is 0 Å². The first-order chi connectivity index (χ1) is 14.1. The topological polar surface area (TPSA) is 52.0 Å². The van der Waals surface area contributed by atoms with E-state index in [2.05, 4.69) is 60.8 Å². The highest BCUT2D eigenvalue weighted by atomic mass is 16.7. The molecule has 4 rings (SSSR count). The number of nitrogens with zero attached hydrogens (tertiary/aromatic N) is 3. The molecule has 0 radical (unpaired) electrons. The molecule has 0 aliphatic rings. The van der Waals surface area contributed by atoms with Crippen LogP contribution in [0.5, 0.6) is 0 Å². The molecule has 0 fully saturated rings. The fourth-order valence-corrected chi connectivity index (χ4v) is 3.55. The molecule has 0 amide bonds. The van der Waals surface area contributed by atoms with Gasteiger partial charge in [-0.1, -0.05) is 91.9 Å². The molecule has 4 aromatic rings. The number of hydrogen-bond acceptors (Lipinski definition) is 4. The molecule has 5 heteroatoms. The predicted octanol–water partition coefficient (Wildman–Crippen LogP) is 5.07. The van der Waals surface area contributed by atoms with E-state index in [0.717, 1.165) is 22.2 Å². The van der Waals surface area contributed by atoms with Gasteiger partial charge in [0, 0.05) is 5.92 Å². The first-order valence-corrected chi connectivity index (χ1v) is 9.93. The fraction of sp³-hybridized carbons (Fsp3) is 0.250. The second kappa shape index (κ2) is 8.15. The Balaban J connectivity index is 1.69. The van der Waals surface area contributed by atoms with Gasteiger partial charge in [-0.05, 0) is 30.2 Å². The van der Waals surface area contributed by atoms with Crippen LogP contribution in [0.15, 0.2) is 84.9 Å². The van der Waals surface area contributed by atoms with Gasteiger partial charge in [0.1, 0.15) is 5.52 Å². The molecule has 29 heavy (non-hydrogen) atoms. The van der Waals surface area contributed by atoms with Crippen LogP contribution in [0.3, 0.4) is 0 Å². The maximum atomic E-state index is 6.34. The molecule has 1 aromatic heterocycles. The monoisotopic (exact) mass is 386 g/mol. The van der Waals surface area contributed by atoms with Crippen molar-refractivity contribution in [2.75, 3.05) is 0 Å². The van der Waals surface area contributed by atoms with Gasteiger partial charge in [0.15, 0.2) is 6.23 Å². The first kappa shape index (κ1) is 19.3. The van der Waals surface area contributed by atoms with Crippen molar-refractivity contribution in [3.05, 3.63) is 96.1 Å². The lowest BCUT2D eigenvalue weighted by Gasteiger charge is -2.34. The van der Waals surface area contributed by atoms with Crippen molar-refractivity contribution in [2.24, 2.45) is 5.92 Å². The Kier molecular flexibility index (Phi) is 5.43. The normalized spacial score (nSPS) is 13.1. The summed E-state index contributed by atoms with van der Waals surface area (Å²) in [5, 5.41) is 8.65. The van der Waals surface area contributed by atoms with E-state index < -0.39 is 5.54 Å². The van der Waals surface area contributed by atoms with E-state index in [0.29, 0.717) is 0 Å². The molecule has 1 atom stereocenters. The molecule has 0 spiro atoms. The van der Waals surface area contributed by atoms with Crippen LogP contribution in [0.1, 0.15) is 38.1 Å². The van der Waals surface area contributed by atoms with E-state index in [1.54, 1.807) is 0 Å². The molecule has 0 saturated heterocycles. The van der Waals surface area contributed by atoms with Gasteiger partial charge < -0.3 is 0 Å². The van der Waals surface area contributed by atoms with Crippen LogP contribution in [0.2, 0.25) is 0 Å². The summed E-state index contributed by atoms with van der Waals surface area (Å²) < 4.78 is 1.85. The third-order valence-electron chi connectivity index (χ3n) is 5.27. The summed E-state index contributed by atoms with van der Waals surface area (Å²) >= 11 is 0. The van der Waals surface area contributed by atoms with Crippen LogP contribution in [0, 0.1) is 5.92 Å². The average molecular weight is 386 g/mol. The van der Waals surface area contributed by atoms with Crippen LogP contribution < -0.4 is 5.48 Å². The number of benzene rings is 3. The van der Waals surface area contributed by atoms with Gasteiger partial charge in [-0.15, -0.1) is 5.10 Å². The van der Waals surface area contributed by atoms with Crippen LogP contribution in [-0.4, -0.2) is 15.0 Å². The fourth-order valence-electron chi connectivity index (χ4n) is 3.55. The molecule has 0 aliphatic carbocycles. The zero-order valence-corrected chi connectivity index (χ0v) is 17.0. The van der Waals surface area contributed by atoms with Gasteiger partial charge in [0.05, 0.1) is 11.1 Å². The van der Waals surface area contributed by atoms with Gasteiger partial charge in [-0.25, -0.2) is 4.68 Å². The van der Waals surface area contributed by atoms with Crippen molar-refractivity contribution >= 4 is 11.0 Å². The van der Waals surface area contributed by atoms with Gasteiger partial charge in [-0.3, -0.25) is 4.84 Å². The van der Waals surface area contributed by atoms with Crippen LogP contribution in [-0.2, 0) is 10.4 Å². The summed E-state index contributed by atoms with van der Waals surface area (Å²) in [6.07, 6.45) is -0.311. The second-order valence-corrected chi connectivity index (χ2v) is 7.73. The molecule has 0 bridgehead atoms. The maximum Gasteiger partial charge on any atom is 0.175 e. The van der Waals surface area contributed by atoms with Crippen molar-refractivity contribution in [1.29, 1.82) is 0 Å². The molecular formula is C24H26N4O. The predicted molar refractivity (Wildman–Crippen MR) is 115 cm³/mol. The van der Waals surface area contributed by atoms with Crippen molar-refractivity contribution < 1.29 is 4.84 Å². The van der Waals surface area contributed by atoms with Crippen LogP contribution >= 0.6 is 0 Å². The minimum absolute atomic E-state index is 0.184. The highest BCUT2D eigenvalue weighted by molar-refractivity contribution is 5.73. The highest BCUT2D eigenvalue weighted by Crippen LogP contribution is 2.31. The Morgan fingerprint density at radius 1 is 0.828 bits per heavy atom. The third kappa shape index (κ3) is 3.79. The van der Waals surface area contributed by atoms with E-state index in [1.807, 2.05) is 65.3 Å². The smallest absolute Gasteiger partial charge is 0.175 e. The van der Waals surface area contributed by atoms with Gasteiger partial charge >= 0.3 is 0 Å². The summed E-state index contributed by atoms with van der Waals surface area (Å²) in [4.78, 5) is 6.34. The number of aromatic nitrogens is 3. The Bertz CT molecular complexity index is 1020. The van der Waals surface area contributed by atoms with Crippen LogP contribution in [0.4, 0.5) is 0 Å². The molecule has 1 N–H and O–H groups in total. The summed E-state index contributed by atoms with van der Waals surface area (Å²) in [5.74, 6) is 0.184. The van der Waals surface area contributed by atoms with E-state index in [4.69, 9.17) is 4.84 Å². The highest BCUT2D eigenvalue weighted by Gasteiger charge is 2.31. The van der Waals surface area contributed by atoms with Gasteiger partial charge in [-0.2, -0.15) is 5.48 Å². The molecule has 0 saturated carbocycles. The number of para-hydroxylation sites is 1. The van der Waals surface area contributed by atoms with E-state index in [1.165, 1.54) is 0 Å².